The molecule has 1 aliphatic heterocycles. The van der Waals surface area contributed by atoms with Gasteiger partial charge in [-0.15, -0.1) is 0 Å². The van der Waals surface area contributed by atoms with Crippen molar-refractivity contribution in [3.63, 3.8) is 0 Å². The number of carbonyl (C=O) groups is 1. The molecule has 0 radical (unpaired) electrons. The first-order valence-electron chi connectivity index (χ1n) is 7.04. The molecular weight excluding hydrogens is 284 g/mol. The van der Waals surface area contributed by atoms with Gasteiger partial charge in [-0.1, -0.05) is 35.9 Å². The standard InChI is InChI=1S/C17H17ClN2O/c1-12-14(18)6-4-7-15(12)19-11-17(21)20-10-9-13-5-2-3-8-16(13)20/h2-8,19H,9-11H2,1H3. The Bertz CT molecular complexity index is 684. The maximum atomic E-state index is 12.4. The minimum Gasteiger partial charge on any atom is -0.376 e. The number of hydrogen-bond donors (Lipinski definition) is 1. The smallest absolute Gasteiger partial charge is 0.246 e. The molecule has 1 heterocycles. The molecule has 1 aliphatic rings. The fraction of sp³-hybridized carbons (Fsp3) is 0.235. The number of fused-ring (bicyclic) bond motifs is 1. The summed E-state index contributed by atoms with van der Waals surface area (Å²) in [6, 6.07) is 13.7. The van der Waals surface area contributed by atoms with Gasteiger partial charge in [-0.25, -0.2) is 0 Å². The van der Waals surface area contributed by atoms with Crippen molar-refractivity contribution in [3.8, 4) is 0 Å². The molecule has 0 spiro atoms. The van der Waals surface area contributed by atoms with E-state index in [9.17, 15) is 4.79 Å². The number of nitrogens with zero attached hydrogens (tertiary/aromatic N) is 1. The number of benzene rings is 2. The number of halogens is 1. The normalized spacial score (nSPS) is 13.1. The third-order valence-corrected chi connectivity index (χ3v) is 4.30. The summed E-state index contributed by atoms with van der Waals surface area (Å²) in [5, 5.41) is 3.89. The maximum Gasteiger partial charge on any atom is 0.246 e. The van der Waals surface area contributed by atoms with E-state index >= 15 is 0 Å². The predicted molar refractivity (Wildman–Crippen MR) is 87.2 cm³/mol. The first-order valence-corrected chi connectivity index (χ1v) is 7.42. The van der Waals surface area contributed by atoms with Gasteiger partial charge >= 0.3 is 0 Å². The lowest BCUT2D eigenvalue weighted by Crippen LogP contribution is -2.34. The lowest BCUT2D eigenvalue weighted by molar-refractivity contribution is -0.116. The quantitative estimate of drug-likeness (QED) is 0.938. The predicted octanol–water partition coefficient (Wildman–Crippen LogP) is 3.65. The van der Waals surface area contributed by atoms with Crippen LogP contribution in [0.25, 0.3) is 0 Å². The molecule has 0 fully saturated rings. The van der Waals surface area contributed by atoms with Gasteiger partial charge in [-0.2, -0.15) is 0 Å². The Balaban J connectivity index is 1.69. The van der Waals surface area contributed by atoms with E-state index in [4.69, 9.17) is 11.6 Å². The van der Waals surface area contributed by atoms with Crippen LogP contribution in [0, 0.1) is 6.92 Å². The molecule has 1 amide bonds. The largest absolute Gasteiger partial charge is 0.376 e. The third kappa shape index (κ3) is 2.74. The van der Waals surface area contributed by atoms with Crippen molar-refractivity contribution in [2.24, 2.45) is 0 Å². The van der Waals surface area contributed by atoms with E-state index in [1.165, 1.54) is 5.56 Å². The number of hydrogen-bond acceptors (Lipinski definition) is 2. The molecule has 1 N–H and O–H groups in total. The van der Waals surface area contributed by atoms with Gasteiger partial charge < -0.3 is 10.2 Å². The number of rotatable bonds is 3. The summed E-state index contributed by atoms with van der Waals surface area (Å²) < 4.78 is 0. The second-order valence-electron chi connectivity index (χ2n) is 5.19. The summed E-state index contributed by atoms with van der Waals surface area (Å²) >= 11 is 6.09. The first-order chi connectivity index (χ1) is 10.2. The zero-order valence-corrected chi connectivity index (χ0v) is 12.7. The van der Waals surface area contributed by atoms with Crippen molar-refractivity contribution in [3.05, 3.63) is 58.6 Å². The van der Waals surface area contributed by atoms with Crippen LogP contribution in [0.3, 0.4) is 0 Å². The topological polar surface area (TPSA) is 32.3 Å². The van der Waals surface area contributed by atoms with Crippen LogP contribution in [0.5, 0.6) is 0 Å². The average Bonchev–Trinajstić information content (AvgIpc) is 2.92. The fourth-order valence-electron chi connectivity index (χ4n) is 2.66. The minimum atomic E-state index is 0.0827. The lowest BCUT2D eigenvalue weighted by Gasteiger charge is -2.18. The van der Waals surface area contributed by atoms with E-state index in [1.807, 2.05) is 48.2 Å². The Kier molecular flexibility index (Phi) is 3.84. The van der Waals surface area contributed by atoms with Crippen LogP contribution in [-0.4, -0.2) is 19.0 Å². The summed E-state index contributed by atoms with van der Waals surface area (Å²) in [6.45, 7) is 2.98. The number of carbonyl (C=O) groups excluding carboxylic acids is 1. The third-order valence-electron chi connectivity index (χ3n) is 3.89. The van der Waals surface area contributed by atoms with E-state index in [-0.39, 0.29) is 12.5 Å². The molecule has 21 heavy (non-hydrogen) atoms. The Labute approximate surface area is 129 Å². The van der Waals surface area contributed by atoms with Gasteiger partial charge in [0.1, 0.15) is 0 Å². The second-order valence-corrected chi connectivity index (χ2v) is 5.60. The van der Waals surface area contributed by atoms with Crippen LogP contribution in [0.4, 0.5) is 11.4 Å². The Morgan fingerprint density at radius 1 is 1.24 bits per heavy atom. The van der Waals surface area contributed by atoms with Crippen molar-refractivity contribution in [1.29, 1.82) is 0 Å². The summed E-state index contributed by atoms with van der Waals surface area (Å²) in [5.41, 5.74) is 4.15. The van der Waals surface area contributed by atoms with Crippen LogP contribution >= 0.6 is 11.6 Å². The van der Waals surface area contributed by atoms with E-state index in [0.717, 1.165) is 29.9 Å². The average molecular weight is 301 g/mol. The molecule has 0 atom stereocenters. The van der Waals surface area contributed by atoms with E-state index in [0.29, 0.717) is 5.02 Å². The van der Waals surface area contributed by atoms with Crippen LogP contribution in [0.1, 0.15) is 11.1 Å². The number of anilines is 2. The molecule has 0 saturated heterocycles. The van der Waals surface area contributed by atoms with Gasteiger partial charge in [0, 0.05) is 22.9 Å². The van der Waals surface area contributed by atoms with Crippen molar-refractivity contribution >= 4 is 28.9 Å². The highest BCUT2D eigenvalue weighted by atomic mass is 35.5. The second kappa shape index (κ2) is 5.78. The highest BCUT2D eigenvalue weighted by Gasteiger charge is 2.23. The van der Waals surface area contributed by atoms with Crippen LogP contribution < -0.4 is 10.2 Å². The van der Waals surface area contributed by atoms with Gasteiger partial charge in [0.15, 0.2) is 0 Å². The highest BCUT2D eigenvalue weighted by molar-refractivity contribution is 6.31. The summed E-state index contributed by atoms with van der Waals surface area (Å²) in [7, 11) is 0. The van der Waals surface area contributed by atoms with E-state index < -0.39 is 0 Å². The number of nitrogens with one attached hydrogen (secondary N) is 1. The molecule has 0 aliphatic carbocycles. The fourth-order valence-corrected chi connectivity index (χ4v) is 2.84. The van der Waals surface area contributed by atoms with Crippen LogP contribution in [0.15, 0.2) is 42.5 Å². The van der Waals surface area contributed by atoms with Crippen molar-refractivity contribution in [1.82, 2.24) is 0 Å². The van der Waals surface area contributed by atoms with Gasteiger partial charge in [-0.3, -0.25) is 4.79 Å². The first kappa shape index (κ1) is 14.0. The Hall–Kier alpha value is -2.00. The van der Waals surface area contributed by atoms with Crippen molar-refractivity contribution in [2.75, 3.05) is 23.3 Å². The lowest BCUT2D eigenvalue weighted by atomic mass is 10.2. The molecule has 108 valence electrons. The molecule has 0 unspecified atom stereocenters. The Morgan fingerprint density at radius 3 is 2.90 bits per heavy atom. The van der Waals surface area contributed by atoms with Gasteiger partial charge in [0.2, 0.25) is 5.91 Å². The zero-order valence-electron chi connectivity index (χ0n) is 11.9. The van der Waals surface area contributed by atoms with Crippen molar-refractivity contribution < 1.29 is 4.79 Å². The molecule has 3 nitrogen and oxygen atoms in total. The van der Waals surface area contributed by atoms with Crippen LogP contribution in [-0.2, 0) is 11.2 Å². The summed E-state index contributed by atoms with van der Waals surface area (Å²) in [4.78, 5) is 14.3. The highest BCUT2D eigenvalue weighted by Crippen LogP contribution is 2.28. The molecule has 0 aromatic heterocycles. The molecule has 4 heteroatoms. The van der Waals surface area contributed by atoms with E-state index in [1.54, 1.807) is 0 Å². The van der Waals surface area contributed by atoms with Crippen molar-refractivity contribution in [2.45, 2.75) is 13.3 Å². The summed E-state index contributed by atoms with van der Waals surface area (Å²) in [6.07, 6.45) is 0.929. The van der Waals surface area contributed by atoms with Crippen LogP contribution in [0.2, 0.25) is 5.02 Å². The monoisotopic (exact) mass is 300 g/mol. The van der Waals surface area contributed by atoms with Gasteiger partial charge in [0.25, 0.3) is 0 Å². The molecular formula is C17H17ClN2O. The van der Waals surface area contributed by atoms with Gasteiger partial charge in [-0.05, 0) is 42.7 Å². The molecule has 2 aromatic rings. The molecule has 2 aromatic carbocycles. The minimum absolute atomic E-state index is 0.0827. The molecule has 0 bridgehead atoms. The van der Waals surface area contributed by atoms with Gasteiger partial charge in [0.05, 0.1) is 6.54 Å². The zero-order chi connectivity index (χ0) is 14.8. The maximum absolute atomic E-state index is 12.4. The summed E-state index contributed by atoms with van der Waals surface area (Å²) in [5.74, 6) is 0.0827. The number of amides is 1. The van der Waals surface area contributed by atoms with E-state index in [2.05, 4.69) is 11.4 Å². The molecule has 0 saturated carbocycles. The SMILES string of the molecule is Cc1c(Cl)cccc1NCC(=O)N1CCc2ccccc21. The number of para-hydroxylation sites is 1. The molecule has 3 rings (SSSR count). The Morgan fingerprint density at radius 2 is 2.05 bits per heavy atom.